The van der Waals surface area contributed by atoms with Crippen LogP contribution in [0.15, 0.2) is 0 Å². The van der Waals surface area contributed by atoms with Crippen molar-refractivity contribution < 1.29 is 9.47 Å². The van der Waals surface area contributed by atoms with E-state index in [4.69, 9.17) is 9.47 Å². The van der Waals surface area contributed by atoms with Gasteiger partial charge < -0.3 is 9.47 Å². The maximum Gasteiger partial charge on any atom is 0.0547 e. The molecule has 0 aliphatic carbocycles. The van der Waals surface area contributed by atoms with Gasteiger partial charge in [-0.25, -0.2) is 0 Å². The molecule has 2 rings (SSSR count). The molecule has 0 aromatic carbocycles. The van der Waals surface area contributed by atoms with Crippen LogP contribution in [0, 0.1) is 5.92 Å². The summed E-state index contributed by atoms with van der Waals surface area (Å²) in [6, 6.07) is 0. The average molecular weight is 244 g/mol. The molecule has 0 amide bonds. The molecule has 0 bridgehead atoms. The first-order chi connectivity index (χ1) is 8.33. The number of hydrogen-bond donors (Lipinski definition) is 0. The number of rotatable bonds is 1. The van der Waals surface area contributed by atoms with Gasteiger partial charge in [0.05, 0.1) is 6.10 Å². The Hall–Kier alpha value is -0.0800. The van der Waals surface area contributed by atoms with Gasteiger partial charge in [0, 0.05) is 19.8 Å². The van der Waals surface area contributed by atoms with Gasteiger partial charge in [-0.05, 0) is 44.9 Å². The number of hydrogen-bond acceptors (Lipinski definition) is 2. The molecule has 2 aliphatic rings. The maximum atomic E-state index is 5.28. The minimum atomic E-state index is 0.536. The van der Waals surface area contributed by atoms with Crippen LogP contribution in [0.3, 0.4) is 0 Å². The quantitative estimate of drug-likeness (QED) is 0.679. The molecular formula is C15H32O2. The van der Waals surface area contributed by atoms with E-state index in [1.165, 1.54) is 38.5 Å². The Labute approximate surface area is 108 Å². The lowest BCUT2D eigenvalue weighted by Crippen LogP contribution is -2.15. The summed E-state index contributed by atoms with van der Waals surface area (Å²) in [5.74, 6) is 0.865. The van der Waals surface area contributed by atoms with Crippen LogP contribution in [0.2, 0.25) is 0 Å². The second-order valence-corrected chi connectivity index (χ2v) is 4.67. The van der Waals surface area contributed by atoms with Gasteiger partial charge in [-0.2, -0.15) is 0 Å². The van der Waals surface area contributed by atoms with Crippen molar-refractivity contribution in [1.29, 1.82) is 0 Å². The fraction of sp³-hybridized carbons (Fsp3) is 1.00. The third kappa shape index (κ3) is 9.61. The monoisotopic (exact) mass is 244 g/mol. The van der Waals surface area contributed by atoms with Gasteiger partial charge in [0.1, 0.15) is 0 Å². The molecule has 2 unspecified atom stereocenters. The van der Waals surface area contributed by atoms with Crippen molar-refractivity contribution in [2.24, 2.45) is 5.92 Å². The average Bonchev–Trinajstić information content (AvgIpc) is 2.43. The van der Waals surface area contributed by atoms with Gasteiger partial charge in [-0.15, -0.1) is 0 Å². The van der Waals surface area contributed by atoms with Crippen molar-refractivity contribution in [2.75, 3.05) is 19.8 Å². The normalized spacial score (nSPS) is 28.2. The lowest BCUT2D eigenvalue weighted by atomic mass is 10.0. The second kappa shape index (κ2) is 12.4. The molecule has 17 heavy (non-hydrogen) atoms. The van der Waals surface area contributed by atoms with Crippen LogP contribution in [0.5, 0.6) is 0 Å². The SMILES string of the molecule is CC.CC1CCCCO1.CCC1CCCOC1. The van der Waals surface area contributed by atoms with E-state index in [1.807, 2.05) is 13.8 Å². The summed E-state index contributed by atoms with van der Waals surface area (Å²) < 4.78 is 10.6. The lowest BCUT2D eigenvalue weighted by molar-refractivity contribution is 0.0285. The van der Waals surface area contributed by atoms with E-state index >= 15 is 0 Å². The fourth-order valence-corrected chi connectivity index (χ4v) is 2.03. The molecule has 104 valence electrons. The molecule has 2 saturated heterocycles. The zero-order chi connectivity index (χ0) is 12.9. The smallest absolute Gasteiger partial charge is 0.0547 e. The van der Waals surface area contributed by atoms with E-state index in [0.717, 1.165) is 25.7 Å². The molecule has 0 aromatic rings. The molecule has 2 heterocycles. The fourth-order valence-electron chi connectivity index (χ4n) is 2.03. The van der Waals surface area contributed by atoms with Crippen LogP contribution in [0.1, 0.15) is 66.2 Å². The molecule has 2 nitrogen and oxygen atoms in total. The Kier molecular flexibility index (Phi) is 12.3. The van der Waals surface area contributed by atoms with E-state index < -0.39 is 0 Å². The Balaban J connectivity index is 0.000000265. The van der Waals surface area contributed by atoms with Gasteiger partial charge in [-0.3, -0.25) is 0 Å². The first kappa shape index (κ1) is 16.9. The summed E-state index contributed by atoms with van der Waals surface area (Å²) in [6.45, 7) is 11.4. The van der Waals surface area contributed by atoms with E-state index in [1.54, 1.807) is 0 Å². The highest BCUT2D eigenvalue weighted by atomic mass is 16.5. The molecule has 2 heteroatoms. The highest BCUT2D eigenvalue weighted by Gasteiger charge is 2.10. The summed E-state index contributed by atoms with van der Waals surface area (Å²) in [5.41, 5.74) is 0. The Morgan fingerprint density at radius 1 is 1.00 bits per heavy atom. The largest absolute Gasteiger partial charge is 0.381 e. The highest BCUT2D eigenvalue weighted by molar-refractivity contribution is 4.59. The van der Waals surface area contributed by atoms with Gasteiger partial charge >= 0.3 is 0 Å². The first-order valence-corrected chi connectivity index (χ1v) is 7.52. The van der Waals surface area contributed by atoms with Gasteiger partial charge in [-0.1, -0.05) is 27.2 Å². The van der Waals surface area contributed by atoms with Crippen LogP contribution in [-0.4, -0.2) is 25.9 Å². The third-order valence-corrected chi connectivity index (χ3v) is 3.24. The predicted octanol–water partition coefficient (Wildman–Crippen LogP) is 4.42. The van der Waals surface area contributed by atoms with E-state index in [-0.39, 0.29) is 0 Å². The van der Waals surface area contributed by atoms with Crippen LogP contribution in [0.4, 0.5) is 0 Å². The Bertz CT molecular complexity index is 136. The van der Waals surface area contributed by atoms with Crippen LogP contribution in [-0.2, 0) is 9.47 Å². The summed E-state index contributed by atoms with van der Waals surface area (Å²) in [6.07, 6.45) is 8.38. The molecule has 0 radical (unpaired) electrons. The van der Waals surface area contributed by atoms with Crippen LogP contribution in [0.25, 0.3) is 0 Å². The predicted molar refractivity (Wildman–Crippen MR) is 74.4 cm³/mol. The van der Waals surface area contributed by atoms with E-state index in [0.29, 0.717) is 6.10 Å². The van der Waals surface area contributed by atoms with Crippen molar-refractivity contribution in [3.63, 3.8) is 0 Å². The molecule has 0 saturated carbocycles. The first-order valence-electron chi connectivity index (χ1n) is 7.52. The Morgan fingerprint density at radius 3 is 2.06 bits per heavy atom. The van der Waals surface area contributed by atoms with Crippen LogP contribution >= 0.6 is 0 Å². The molecule has 2 fully saturated rings. The highest BCUT2D eigenvalue weighted by Crippen LogP contribution is 2.15. The van der Waals surface area contributed by atoms with Crippen molar-refractivity contribution in [3.05, 3.63) is 0 Å². The molecule has 2 atom stereocenters. The molecule has 0 spiro atoms. The minimum absolute atomic E-state index is 0.536. The zero-order valence-electron chi connectivity index (χ0n) is 12.3. The maximum absolute atomic E-state index is 5.28. The molecule has 2 aliphatic heterocycles. The summed E-state index contributed by atoms with van der Waals surface area (Å²) >= 11 is 0. The van der Waals surface area contributed by atoms with E-state index in [2.05, 4.69) is 13.8 Å². The second-order valence-electron chi connectivity index (χ2n) is 4.67. The van der Waals surface area contributed by atoms with Crippen LogP contribution < -0.4 is 0 Å². The number of ether oxygens (including phenoxy) is 2. The van der Waals surface area contributed by atoms with Crippen molar-refractivity contribution in [3.8, 4) is 0 Å². The third-order valence-electron chi connectivity index (χ3n) is 3.24. The molecular weight excluding hydrogens is 212 g/mol. The molecule has 0 N–H and O–H groups in total. The summed E-state index contributed by atoms with van der Waals surface area (Å²) in [4.78, 5) is 0. The van der Waals surface area contributed by atoms with Crippen molar-refractivity contribution in [2.45, 2.75) is 72.3 Å². The lowest BCUT2D eigenvalue weighted by Gasteiger charge is -2.19. The van der Waals surface area contributed by atoms with E-state index in [9.17, 15) is 0 Å². The minimum Gasteiger partial charge on any atom is -0.381 e. The Morgan fingerprint density at radius 2 is 1.76 bits per heavy atom. The van der Waals surface area contributed by atoms with Crippen molar-refractivity contribution >= 4 is 0 Å². The topological polar surface area (TPSA) is 18.5 Å². The summed E-state index contributed by atoms with van der Waals surface area (Å²) in [5, 5.41) is 0. The van der Waals surface area contributed by atoms with Gasteiger partial charge in [0.15, 0.2) is 0 Å². The summed E-state index contributed by atoms with van der Waals surface area (Å²) in [7, 11) is 0. The standard InChI is InChI=1S/C7H14O.C6H12O.C2H6/c1-2-7-4-3-5-8-6-7;1-6-4-2-3-5-7-6;1-2/h7H,2-6H2,1H3;6H,2-5H2,1H3;1-2H3. The molecule has 0 aromatic heterocycles. The van der Waals surface area contributed by atoms with Gasteiger partial charge in [0.25, 0.3) is 0 Å². The van der Waals surface area contributed by atoms with Gasteiger partial charge in [0.2, 0.25) is 0 Å². The van der Waals surface area contributed by atoms with Crippen molar-refractivity contribution in [1.82, 2.24) is 0 Å². The zero-order valence-corrected chi connectivity index (χ0v) is 12.3.